The Kier molecular flexibility index (Phi) is 9.56. The lowest BCUT2D eigenvalue weighted by Crippen LogP contribution is -2.49. The lowest BCUT2D eigenvalue weighted by Gasteiger charge is -2.29. The van der Waals surface area contributed by atoms with Crippen LogP contribution in [0.2, 0.25) is 0 Å². The number of hydrogen-bond donors (Lipinski definition) is 4. The molecular weight excluding hydrogens is 533 g/mol. The van der Waals surface area contributed by atoms with Crippen LogP contribution in [0.15, 0.2) is 34.9 Å². The molecule has 0 spiro atoms. The Bertz CT molecular complexity index is 1290. The van der Waals surface area contributed by atoms with Gasteiger partial charge in [0, 0.05) is 17.0 Å². The van der Waals surface area contributed by atoms with Crippen LogP contribution < -0.4 is 10.6 Å². The van der Waals surface area contributed by atoms with Crippen LogP contribution in [0.5, 0.6) is 0 Å². The molecule has 3 rings (SSSR count). The first kappa shape index (κ1) is 30.6. The number of halogens is 3. The zero-order valence-corrected chi connectivity index (χ0v) is 22.8. The number of aliphatic hydroxyl groups is 1. The van der Waals surface area contributed by atoms with E-state index in [0.717, 1.165) is 18.6 Å². The van der Waals surface area contributed by atoms with Crippen LogP contribution in [0.1, 0.15) is 70.1 Å². The van der Waals surface area contributed by atoms with Gasteiger partial charge in [-0.05, 0) is 37.1 Å². The molecule has 0 aliphatic rings. The maximum atomic E-state index is 13.3. The number of aromatic nitrogens is 4. The molecule has 40 heavy (non-hydrogen) atoms. The predicted octanol–water partition coefficient (Wildman–Crippen LogP) is 5.16. The minimum atomic E-state index is -4.56. The number of aliphatic hydroxyl groups excluding tert-OH is 1. The van der Waals surface area contributed by atoms with Gasteiger partial charge in [-0.25, -0.2) is 4.79 Å². The number of nitrogens with zero attached hydrogens (tertiary/aromatic N) is 3. The Balaban J connectivity index is 1.79. The van der Waals surface area contributed by atoms with Gasteiger partial charge in [-0.15, -0.1) is 10.2 Å². The zero-order chi connectivity index (χ0) is 29.7. The zero-order valence-electron chi connectivity index (χ0n) is 22.8. The summed E-state index contributed by atoms with van der Waals surface area (Å²) in [7, 11) is 0. The Morgan fingerprint density at radius 3 is 2.50 bits per heavy atom. The number of ether oxygens (including phenoxy) is 1. The Morgan fingerprint density at radius 1 is 1.18 bits per heavy atom. The number of rotatable bonds is 10. The number of amides is 2. The number of carbonyl (C=O) groups is 2. The average molecular weight is 567 g/mol. The van der Waals surface area contributed by atoms with Crippen molar-refractivity contribution in [1.82, 2.24) is 25.7 Å². The summed E-state index contributed by atoms with van der Waals surface area (Å²) >= 11 is 0. The van der Waals surface area contributed by atoms with Crippen LogP contribution in [0, 0.1) is 12.3 Å². The fraction of sp³-hybridized carbons (Fsp3) is 0.500. The maximum Gasteiger partial charge on any atom is 0.416 e. The van der Waals surface area contributed by atoms with Crippen LogP contribution in [-0.4, -0.2) is 49.6 Å². The van der Waals surface area contributed by atoms with Gasteiger partial charge in [-0.1, -0.05) is 40.5 Å². The van der Waals surface area contributed by atoms with E-state index in [1.54, 1.807) is 20.8 Å². The smallest absolute Gasteiger partial charge is 0.416 e. The van der Waals surface area contributed by atoms with Crippen LogP contribution in [0.25, 0.3) is 11.5 Å². The van der Waals surface area contributed by atoms with Crippen molar-refractivity contribution in [1.29, 1.82) is 0 Å². The van der Waals surface area contributed by atoms with Gasteiger partial charge in [-0.2, -0.15) is 18.3 Å². The minimum absolute atomic E-state index is 0.0641. The number of unbranched alkanes of at least 4 members (excludes halogenated alkanes) is 1. The molecule has 11 nitrogen and oxygen atoms in total. The summed E-state index contributed by atoms with van der Waals surface area (Å²) in [6, 6.07) is 3.89. The molecule has 2 amide bonds. The van der Waals surface area contributed by atoms with E-state index in [9.17, 15) is 27.9 Å². The van der Waals surface area contributed by atoms with Crippen LogP contribution in [-0.2, 0) is 15.7 Å². The monoisotopic (exact) mass is 566 g/mol. The van der Waals surface area contributed by atoms with E-state index < -0.39 is 47.4 Å². The van der Waals surface area contributed by atoms with Crippen molar-refractivity contribution in [3.8, 4) is 11.5 Å². The van der Waals surface area contributed by atoms with Gasteiger partial charge in [0.25, 0.3) is 11.8 Å². The molecule has 0 aliphatic carbocycles. The summed E-state index contributed by atoms with van der Waals surface area (Å²) in [5, 5.41) is 29.8. The van der Waals surface area contributed by atoms with Gasteiger partial charge in [-0.3, -0.25) is 9.89 Å². The summed E-state index contributed by atoms with van der Waals surface area (Å²) in [5.74, 6) is -0.780. The molecule has 3 aromatic rings. The molecule has 0 aliphatic heterocycles. The number of aryl methyl sites for hydroxylation is 1. The van der Waals surface area contributed by atoms with E-state index in [4.69, 9.17) is 9.15 Å². The Labute approximate surface area is 228 Å². The molecule has 4 N–H and O–H groups in total. The molecule has 0 saturated heterocycles. The van der Waals surface area contributed by atoms with Crippen LogP contribution in [0.4, 0.5) is 23.8 Å². The van der Waals surface area contributed by atoms with Gasteiger partial charge < -0.3 is 24.9 Å². The van der Waals surface area contributed by atoms with E-state index in [1.165, 1.54) is 25.3 Å². The molecule has 0 radical (unpaired) electrons. The van der Waals surface area contributed by atoms with Crippen molar-refractivity contribution >= 4 is 17.8 Å². The third-order valence-electron chi connectivity index (χ3n) is 5.91. The third-order valence-corrected chi connectivity index (χ3v) is 5.91. The van der Waals surface area contributed by atoms with E-state index in [-0.39, 0.29) is 29.6 Å². The van der Waals surface area contributed by atoms with Crippen LogP contribution in [0.3, 0.4) is 0 Å². The van der Waals surface area contributed by atoms with Gasteiger partial charge in [0.2, 0.25) is 5.89 Å². The number of alkyl halides is 3. The number of anilines is 1. The van der Waals surface area contributed by atoms with E-state index in [0.29, 0.717) is 12.0 Å². The molecule has 2 aromatic heterocycles. The van der Waals surface area contributed by atoms with Gasteiger partial charge >= 0.3 is 12.3 Å². The number of hydrogen-bond acceptors (Lipinski definition) is 8. The first-order chi connectivity index (χ1) is 18.7. The van der Waals surface area contributed by atoms with Gasteiger partial charge in [0.15, 0.2) is 12.2 Å². The standard InChI is InChI=1S/C26H33F3N6O5/c1-6-7-8-17(19(36)21(37)32-18-9-10-30-33-18)31-24(38)39-20(25(3,4)5)23-35-34-22(40-23)15-11-14(2)12-16(13-15)26(27,28)29/h9-13,17,19-20,36H,6-8H2,1-5H3,(H,31,38)(H2,30,32,33,37)/t17-,19+,20+/m0/s1. The molecule has 1 aromatic carbocycles. The highest BCUT2D eigenvalue weighted by atomic mass is 19.4. The first-order valence-electron chi connectivity index (χ1n) is 12.7. The SMILES string of the molecule is CCCC[C@H](NC(=O)O[C@H](c1nnc(-c2cc(C)cc(C(F)(F)F)c2)o1)C(C)(C)C)[C@@H](O)C(=O)Nc1ccn[nH]1. The highest BCUT2D eigenvalue weighted by Crippen LogP contribution is 2.38. The van der Waals surface area contributed by atoms with E-state index in [2.05, 4.69) is 31.0 Å². The Hall–Kier alpha value is -3.94. The molecule has 0 unspecified atom stereocenters. The normalized spacial score (nSPS) is 14.3. The average Bonchev–Trinajstić information content (AvgIpc) is 3.55. The quantitative estimate of drug-likeness (QED) is 0.262. The number of alkyl carbamates (subject to hydrolysis) is 1. The number of H-pyrrole nitrogens is 1. The first-order valence-corrected chi connectivity index (χ1v) is 12.7. The number of nitrogens with one attached hydrogen (secondary N) is 3. The van der Waals surface area contributed by atoms with Crippen molar-refractivity contribution in [3.05, 3.63) is 47.5 Å². The fourth-order valence-corrected chi connectivity index (χ4v) is 3.87. The Morgan fingerprint density at radius 2 is 1.90 bits per heavy atom. The fourth-order valence-electron chi connectivity index (χ4n) is 3.87. The van der Waals surface area contributed by atoms with Crippen molar-refractivity contribution in [2.45, 2.75) is 78.3 Å². The number of carbonyl (C=O) groups excluding carboxylic acids is 2. The van der Waals surface area contributed by atoms with E-state index in [1.807, 2.05) is 6.92 Å². The molecule has 0 bridgehead atoms. The van der Waals surface area contributed by atoms with Crippen molar-refractivity contribution in [2.75, 3.05) is 5.32 Å². The lowest BCUT2D eigenvalue weighted by molar-refractivity contribution is -0.137. The second-order valence-corrected chi connectivity index (χ2v) is 10.5. The van der Waals surface area contributed by atoms with Crippen molar-refractivity contribution < 1.29 is 37.0 Å². The third kappa shape index (κ3) is 8.04. The molecule has 0 saturated carbocycles. The summed E-state index contributed by atoms with van der Waals surface area (Å²) in [4.78, 5) is 25.5. The molecule has 2 heterocycles. The van der Waals surface area contributed by atoms with Crippen molar-refractivity contribution in [2.24, 2.45) is 5.41 Å². The number of benzene rings is 1. The topological polar surface area (TPSA) is 155 Å². The summed E-state index contributed by atoms with van der Waals surface area (Å²) < 4.78 is 51.2. The summed E-state index contributed by atoms with van der Waals surface area (Å²) in [5.41, 5.74) is -1.23. The largest absolute Gasteiger partial charge is 0.436 e. The minimum Gasteiger partial charge on any atom is -0.436 e. The van der Waals surface area contributed by atoms with Gasteiger partial charge in [0.05, 0.1) is 17.8 Å². The second-order valence-electron chi connectivity index (χ2n) is 10.5. The highest BCUT2D eigenvalue weighted by Gasteiger charge is 2.37. The van der Waals surface area contributed by atoms with Crippen LogP contribution >= 0.6 is 0 Å². The molecule has 14 heteroatoms. The highest BCUT2D eigenvalue weighted by molar-refractivity contribution is 5.94. The second kappa shape index (κ2) is 12.5. The van der Waals surface area contributed by atoms with Gasteiger partial charge in [0.1, 0.15) is 5.82 Å². The predicted molar refractivity (Wildman–Crippen MR) is 138 cm³/mol. The molecule has 3 atom stereocenters. The molecule has 0 fully saturated rings. The molecule has 218 valence electrons. The summed E-state index contributed by atoms with van der Waals surface area (Å²) in [6.45, 7) is 8.65. The summed E-state index contributed by atoms with van der Waals surface area (Å²) in [6.07, 6.45) is -5.17. The van der Waals surface area contributed by atoms with Crippen molar-refractivity contribution in [3.63, 3.8) is 0 Å². The number of aromatic amines is 1. The van der Waals surface area contributed by atoms with E-state index >= 15 is 0 Å². The molecular formula is C26H33F3N6O5. The maximum absolute atomic E-state index is 13.3. The lowest BCUT2D eigenvalue weighted by atomic mass is 9.89.